The van der Waals surface area contributed by atoms with Crippen molar-refractivity contribution in [3.63, 3.8) is 0 Å². The third kappa shape index (κ3) is 2.07. The zero-order valence-electron chi connectivity index (χ0n) is 7.26. The third-order valence-corrected chi connectivity index (χ3v) is 1.75. The molecule has 1 rings (SSSR count). The first-order valence-corrected chi connectivity index (χ1v) is 4.21. The Labute approximate surface area is 68.0 Å². The zero-order valence-corrected chi connectivity index (χ0v) is 7.26. The highest BCUT2D eigenvalue weighted by Gasteiger charge is 2.12. The van der Waals surface area contributed by atoms with E-state index in [0.29, 0.717) is 0 Å². The van der Waals surface area contributed by atoms with Crippen LogP contribution in [0.15, 0.2) is 16.6 Å². The quantitative estimate of drug-likeness (QED) is 0.565. The second kappa shape index (κ2) is 4.16. The molecule has 0 aromatic rings. The van der Waals surface area contributed by atoms with E-state index >= 15 is 0 Å². The molecule has 0 aromatic carbocycles. The number of ether oxygens (including phenoxy) is 1. The van der Waals surface area contributed by atoms with E-state index in [1.54, 1.807) is 0 Å². The van der Waals surface area contributed by atoms with Crippen molar-refractivity contribution >= 4 is 5.90 Å². The van der Waals surface area contributed by atoms with Crippen LogP contribution in [0.4, 0.5) is 0 Å². The lowest BCUT2D eigenvalue weighted by Crippen LogP contribution is -2.16. The van der Waals surface area contributed by atoms with Crippen LogP contribution in [0.2, 0.25) is 0 Å². The molecule has 1 heterocycles. The molecule has 0 saturated carbocycles. The first kappa shape index (κ1) is 8.31. The predicted octanol–water partition coefficient (Wildman–Crippen LogP) is 2.16. The van der Waals surface area contributed by atoms with Crippen molar-refractivity contribution < 1.29 is 4.74 Å². The number of rotatable bonds is 1. The first-order chi connectivity index (χ1) is 5.38. The predicted molar refractivity (Wildman–Crippen MR) is 46.9 cm³/mol. The Morgan fingerprint density at radius 3 is 3.09 bits per heavy atom. The van der Waals surface area contributed by atoms with E-state index in [1.807, 2.05) is 13.8 Å². The molecule has 1 aliphatic heterocycles. The number of nitrogens with zero attached hydrogens (tertiary/aromatic N) is 1. The van der Waals surface area contributed by atoms with Crippen molar-refractivity contribution in [2.75, 3.05) is 13.2 Å². The zero-order chi connectivity index (χ0) is 8.10. The number of hydrogen-bond acceptors (Lipinski definition) is 2. The molecule has 0 aromatic heterocycles. The summed E-state index contributed by atoms with van der Waals surface area (Å²) < 4.78 is 5.40. The Kier molecular flexibility index (Phi) is 3.14. The fourth-order valence-corrected chi connectivity index (χ4v) is 1.19. The second-order valence-corrected chi connectivity index (χ2v) is 2.55. The molecule has 1 saturated heterocycles. The van der Waals surface area contributed by atoms with Crippen LogP contribution >= 0.6 is 0 Å². The minimum atomic E-state index is 0.812. The fourth-order valence-electron chi connectivity index (χ4n) is 1.19. The van der Waals surface area contributed by atoms with Gasteiger partial charge in [0.2, 0.25) is 5.90 Å². The van der Waals surface area contributed by atoms with E-state index in [1.165, 1.54) is 5.57 Å². The van der Waals surface area contributed by atoms with Crippen molar-refractivity contribution in [3.05, 3.63) is 11.6 Å². The molecule has 0 unspecified atom stereocenters. The van der Waals surface area contributed by atoms with Crippen molar-refractivity contribution in [2.24, 2.45) is 4.99 Å². The average molecular weight is 153 g/mol. The van der Waals surface area contributed by atoms with Gasteiger partial charge >= 0.3 is 0 Å². The molecule has 0 N–H and O–H groups in total. The lowest BCUT2D eigenvalue weighted by atomic mass is 10.1. The summed E-state index contributed by atoms with van der Waals surface area (Å²) in [5.74, 6) is 0.862. The molecular weight excluding hydrogens is 138 g/mol. The fraction of sp³-hybridized carbons (Fsp3) is 0.667. The van der Waals surface area contributed by atoms with Gasteiger partial charge in [-0.05, 0) is 26.7 Å². The molecule has 0 bridgehead atoms. The maximum Gasteiger partial charge on any atom is 0.211 e. The highest BCUT2D eigenvalue weighted by molar-refractivity contribution is 5.93. The maximum absolute atomic E-state index is 5.40. The van der Waals surface area contributed by atoms with E-state index in [2.05, 4.69) is 11.1 Å². The van der Waals surface area contributed by atoms with Crippen molar-refractivity contribution in [1.82, 2.24) is 0 Å². The molecule has 11 heavy (non-hydrogen) atoms. The van der Waals surface area contributed by atoms with Gasteiger partial charge < -0.3 is 4.74 Å². The van der Waals surface area contributed by atoms with Gasteiger partial charge in [0, 0.05) is 12.1 Å². The molecule has 62 valence electrons. The smallest absolute Gasteiger partial charge is 0.211 e. The largest absolute Gasteiger partial charge is 0.478 e. The Bertz CT molecular complexity index is 182. The van der Waals surface area contributed by atoms with Gasteiger partial charge in [0.1, 0.15) is 0 Å². The van der Waals surface area contributed by atoms with Crippen LogP contribution in [-0.2, 0) is 4.74 Å². The lowest BCUT2D eigenvalue weighted by Gasteiger charge is -2.17. The molecular formula is C9H15NO. The number of hydrogen-bond donors (Lipinski definition) is 0. The van der Waals surface area contributed by atoms with Gasteiger partial charge in [-0.2, -0.15) is 0 Å². The highest BCUT2D eigenvalue weighted by atomic mass is 16.5. The van der Waals surface area contributed by atoms with Gasteiger partial charge in [-0.3, -0.25) is 4.99 Å². The molecule has 2 heteroatoms. The second-order valence-electron chi connectivity index (χ2n) is 2.55. The van der Waals surface area contributed by atoms with Crippen LogP contribution in [0.25, 0.3) is 0 Å². The van der Waals surface area contributed by atoms with Crippen molar-refractivity contribution in [1.29, 1.82) is 0 Å². The number of aliphatic imine (C=N–C) groups is 1. The summed E-state index contributed by atoms with van der Waals surface area (Å²) in [5.41, 5.74) is 1.26. The summed E-state index contributed by atoms with van der Waals surface area (Å²) in [4.78, 5) is 4.26. The Morgan fingerprint density at radius 1 is 1.64 bits per heavy atom. The summed E-state index contributed by atoms with van der Waals surface area (Å²) in [6, 6.07) is 0. The lowest BCUT2D eigenvalue weighted by molar-refractivity contribution is 0.279. The molecule has 1 fully saturated rings. The van der Waals surface area contributed by atoms with Gasteiger partial charge in [-0.15, -0.1) is 0 Å². The van der Waals surface area contributed by atoms with Gasteiger partial charge in [-0.25, -0.2) is 0 Å². The number of allylic oxidation sites excluding steroid dienone is 1. The molecule has 0 radical (unpaired) electrons. The van der Waals surface area contributed by atoms with Crippen LogP contribution < -0.4 is 0 Å². The van der Waals surface area contributed by atoms with E-state index in [0.717, 1.165) is 31.9 Å². The van der Waals surface area contributed by atoms with Crippen LogP contribution in [0.5, 0.6) is 0 Å². The van der Waals surface area contributed by atoms with Crippen LogP contribution in [0, 0.1) is 0 Å². The van der Waals surface area contributed by atoms with Gasteiger partial charge in [-0.1, -0.05) is 6.08 Å². The summed E-state index contributed by atoms with van der Waals surface area (Å²) in [6.45, 7) is 5.70. The molecule has 1 aliphatic rings. The van der Waals surface area contributed by atoms with Crippen molar-refractivity contribution in [3.8, 4) is 0 Å². The SMILES string of the molecule is C/C=C1/CCCOC1=NCC. The molecule has 0 atom stereocenters. The monoisotopic (exact) mass is 153 g/mol. The van der Waals surface area contributed by atoms with Crippen LogP contribution in [-0.4, -0.2) is 19.0 Å². The van der Waals surface area contributed by atoms with Crippen LogP contribution in [0.1, 0.15) is 26.7 Å². The topological polar surface area (TPSA) is 21.6 Å². The maximum atomic E-state index is 5.40. The standard InChI is InChI=1S/C9H15NO/c1-3-8-6-5-7-11-9(8)10-4-2/h3H,4-7H2,1-2H3/b8-3-,10-9?. The normalized spacial score (nSPS) is 25.6. The summed E-state index contributed by atoms with van der Waals surface area (Å²) in [5, 5.41) is 0. The molecule has 2 nitrogen and oxygen atoms in total. The average Bonchev–Trinajstić information content (AvgIpc) is 2.06. The summed E-state index contributed by atoms with van der Waals surface area (Å²) >= 11 is 0. The highest BCUT2D eigenvalue weighted by Crippen LogP contribution is 2.14. The van der Waals surface area contributed by atoms with E-state index < -0.39 is 0 Å². The summed E-state index contributed by atoms with van der Waals surface area (Å²) in [6.07, 6.45) is 4.34. The Morgan fingerprint density at radius 2 is 2.45 bits per heavy atom. The minimum absolute atomic E-state index is 0.812. The van der Waals surface area contributed by atoms with Gasteiger partial charge in [0.15, 0.2) is 0 Å². The van der Waals surface area contributed by atoms with E-state index in [9.17, 15) is 0 Å². The molecule has 0 amide bonds. The Balaban J connectivity index is 2.67. The van der Waals surface area contributed by atoms with Crippen molar-refractivity contribution in [2.45, 2.75) is 26.7 Å². The minimum Gasteiger partial charge on any atom is -0.478 e. The molecule has 0 aliphatic carbocycles. The molecule has 0 spiro atoms. The van der Waals surface area contributed by atoms with Crippen LogP contribution in [0.3, 0.4) is 0 Å². The van der Waals surface area contributed by atoms with E-state index in [-0.39, 0.29) is 0 Å². The van der Waals surface area contributed by atoms with Gasteiger partial charge in [0.05, 0.1) is 6.61 Å². The Hall–Kier alpha value is -0.790. The third-order valence-electron chi connectivity index (χ3n) is 1.75. The summed E-state index contributed by atoms with van der Waals surface area (Å²) in [7, 11) is 0. The first-order valence-electron chi connectivity index (χ1n) is 4.21. The van der Waals surface area contributed by atoms with E-state index in [4.69, 9.17) is 4.74 Å². The van der Waals surface area contributed by atoms with Gasteiger partial charge in [0.25, 0.3) is 0 Å².